The van der Waals surface area contributed by atoms with Gasteiger partial charge in [0.1, 0.15) is 0 Å². The van der Waals surface area contributed by atoms with Crippen molar-refractivity contribution < 1.29 is 0 Å². The van der Waals surface area contributed by atoms with Gasteiger partial charge in [0.2, 0.25) is 0 Å². The van der Waals surface area contributed by atoms with Gasteiger partial charge in [-0.1, -0.05) is 31.2 Å². The molecule has 1 aromatic carbocycles. The average molecular weight is 204 g/mol. The lowest BCUT2D eigenvalue weighted by Crippen LogP contribution is -2.31. The Morgan fingerprint density at radius 1 is 1.40 bits per heavy atom. The third kappa shape index (κ3) is 2.58. The molecular weight excluding hydrogens is 184 g/mol. The second-order valence-corrected chi connectivity index (χ2v) is 4.59. The second kappa shape index (κ2) is 4.77. The highest BCUT2D eigenvalue weighted by atomic mass is 14.9. The quantitative estimate of drug-likeness (QED) is 0.775. The van der Waals surface area contributed by atoms with Crippen molar-refractivity contribution in [2.75, 3.05) is 6.54 Å². The number of benzene rings is 1. The molecule has 0 amide bonds. The predicted molar refractivity (Wildman–Crippen MR) is 63.5 cm³/mol. The lowest BCUT2D eigenvalue weighted by atomic mass is 9.91. The minimum absolute atomic E-state index is 0.535. The molecular formula is C13H20N2. The highest BCUT2D eigenvalue weighted by molar-refractivity contribution is 5.26. The highest BCUT2D eigenvalue weighted by Gasteiger charge is 2.18. The van der Waals surface area contributed by atoms with Crippen LogP contribution in [0.15, 0.2) is 24.3 Å². The standard InChI is InChI=1S/C13H20N2/c1-10-5-6-13(15-9-10)12-4-2-3-11(7-12)8-14/h2-4,7,10,13,15H,5-6,8-9,14H2,1H3. The summed E-state index contributed by atoms with van der Waals surface area (Å²) in [5, 5.41) is 3.60. The van der Waals surface area contributed by atoms with Crippen LogP contribution in [0.5, 0.6) is 0 Å². The van der Waals surface area contributed by atoms with Crippen LogP contribution in [0.2, 0.25) is 0 Å². The van der Waals surface area contributed by atoms with Crippen molar-refractivity contribution in [1.29, 1.82) is 0 Å². The molecule has 1 fully saturated rings. The molecule has 2 atom stereocenters. The van der Waals surface area contributed by atoms with Crippen molar-refractivity contribution in [2.45, 2.75) is 32.4 Å². The Morgan fingerprint density at radius 2 is 2.27 bits per heavy atom. The van der Waals surface area contributed by atoms with Crippen molar-refractivity contribution >= 4 is 0 Å². The Kier molecular flexibility index (Phi) is 3.39. The monoisotopic (exact) mass is 204 g/mol. The molecule has 2 heteroatoms. The van der Waals surface area contributed by atoms with E-state index >= 15 is 0 Å². The van der Waals surface area contributed by atoms with Crippen LogP contribution in [0.1, 0.15) is 36.9 Å². The van der Waals surface area contributed by atoms with Crippen molar-refractivity contribution in [3.8, 4) is 0 Å². The molecule has 0 bridgehead atoms. The van der Waals surface area contributed by atoms with Crippen molar-refractivity contribution in [3.05, 3.63) is 35.4 Å². The summed E-state index contributed by atoms with van der Waals surface area (Å²) < 4.78 is 0. The van der Waals surface area contributed by atoms with Crippen LogP contribution in [0.25, 0.3) is 0 Å². The fourth-order valence-electron chi connectivity index (χ4n) is 2.22. The molecule has 1 aliphatic heterocycles. The molecule has 0 aliphatic carbocycles. The Balaban J connectivity index is 2.08. The van der Waals surface area contributed by atoms with E-state index in [2.05, 4.69) is 36.5 Å². The fourth-order valence-corrected chi connectivity index (χ4v) is 2.22. The van der Waals surface area contributed by atoms with Gasteiger partial charge < -0.3 is 11.1 Å². The van der Waals surface area contributed by atoms with E-state index in [0.717, 1.165) is 12.5 Å². The molecule has 2 nitrogen and oxygen atoms in total. The van der Waals surface area contributed by atoms with E-state index in [-0.39, 0.29) is 0 Å². The highest BCUT2D eigenvalue weighted by Crippen LogP contribution is 2.25. The molecule has 2 unspecified atom stereocenters. The molecule has 82 valence electrons. The van der Waals surface area contributed by atoms with Gasteiger partial charge in [0, 0.05) is 12.6 Å². The van der Waals surface area contributed by atoms with E-state index in [4.69, 9.17) is 5.73 Å². The molecule has 2 rings (SSSR count). The predicted octanol–water partition coefficient (Wildman–Crippen LogP) is 2.21. The van der Waals surface area contributed by atoms with Gasteiger partial charge in [-0.2, -0.15) is 0 Å². The molecule has 0 spiro atoms. The van der Waals surface area contributed by atoms with Crippen LogP contribution in [-0.2, 0) is 6.54 Å². The number of nitrogens with two attached hydrogens (primary N) is 1. The summed E-state index contributed by atoms with van der Waals surface area (Å²) in [6.07, 6.45) is 2.57. The van der Waals surface area contributed by atoms with Gasteiger partial charge in [0.05, 0.1) is 0 Å². The van der Waals surface area contributed by atoms with E-state index in [1.54, 1.807) is 0 Å². The molecule has 0 aromatic heterocycles. The fraction of sp³-hybridized carbons (Fsp3) is 0.538. The maximum Gasteiger partial charge on any atom is 0.0320 e. The third-order valence-corrected chi connectivity index (χ3v) is 3.25. The largest absolute Gasteiger partial charge is 0.326 e. The molecule has 1 saturated heterocycles. The van der Waals surface area contributed by atoms with Gasteiger partial charge in [-0.3, -0.25) is 0 Å². The summed E-state index contributed by atoms with van der Waals surface area (Å²) in [5.41, 5.74) is 8.27. The third-order valence-electron chi connectivity index (χ3n) is 3.25. The van der Waals surface area contributed by atoms with Crippen LogP contribution in [0.3, 0.4) is 0 Å². The molecule has 1 aromatic rings. The Bertz CT molecular complexity index is 314. The van der Waals surface area contributed by atoms with Gasteiger partial charge in [0.15, 0.2) is 0 Å². The zero-order valence-corrected chi connectivity index (χ0v) is 9.37. The lowest BCUT2D eigenvalue weighted by molar-refractivity contribution is 0.333. The van der Waals surface area contributed by atoms with E-state index in [1.165, 1.54) is 24.0 Å². The SMILES string of the molecule is CC1CCC(c2cccc(CN)c2)NC1. The molecule has 0 radical (unpaired) electrons. The summed E-state index contributed by atoms with van der Waals surface area (Å²) in [4.78, 5) is 0. The summed E-state index contributed by atoms with van der Waals surface area (Å²) in [7, 11) is 0. The van der Waals surface area contributed by atoms with Gasteiger partial charge >= 0.3 is 0 Å². The van der Waals surface area contributed by atoms with Gasteiger partial charge in [-0.25, -0.2) is 0 Å². The van der Waals surface area contributed by atoms with Crippen LogP contribution < -0.4 is 11.1 Å². The summed E-state index contributed by atoms with van der Waals surface area (Å²) >= 11 is 0. The lowest BCUT2D eigenvalue weighted by Gasteiger charge is -2.28. The zero-order valence-electron chi connectivity index (χ0n) is 9.37. The van der Waals surface area contributed by atoms with Crippen LogP contribution >= 0.6 is 0 Å². The summed E-state index contributed by atoms with van der Waals surface area (Å²) in [5.74, 6) is 0.818. The van der Waals surface area contributed by atoms with E-state index in [9.17, 15) is 0 Å². The first-order valence-electron chi connectivity index (χ1n) is 5.82. The normalized spacial score (nSPS) is 26.5. The second-order valence-electron chi connectivity index (χ2n) is 4.59. The number of nitrogens with one attached hydrogen (secondary N) is 1. The molecule has 15 heavy (non-hydrogen) atoms. The first kappa shape index (κ1) is 10.7. The van der Waals surface area contributed by atoms with Crippen LogP contribution in [0, 0.1) is 5.92 Å². The van der Waals surface area contributed by atoms with Gasteiger partial charge in [-0.05, 0) is 36.4 Å². The van der Waals surface area contributed by atoms with Crippen LogP contribution in [-0.4, -0.2) is 6.54 Å². The first-order valence-corrected chi connectivity index (χ1v) is 5.82. The molecule has 0 saturated carbocycles. The molecule has 1 aliphatic rings. The van der Waals surface area contributed by atoms with E-state index in [1.807, 2.05) is 0 Å². The number of piperidine rings is 1. The van der Waals surface area contributed by atoms with Crippen molar-refractivity contribution in [3.63, 3.8) is 0 Å². The smallest absolute Gasteiger partial charge is 0.0320 e. The van der Waals surface area contributed by atoms with Crippen LogP contribution in [0.4, 0.5) is 0 Å². The molecule has 1 heterocycles. The average Bonchev–Trinajstić information content (AvgIpc) is 2.30. The minimum atomic E-state index is 0.535. The number of hydrogen-bond acceptors (Lipinski definition) is 2. The number of rotatable bonds is 2. The maximum absolute atomic E-state index is 5.65. The van der Waals surface area contributed by atoms with Crippen molar-refractivity contribution in [1.82, 2.24) is 5.32 Å². The molecule has 3 N–H and O–H groups in total. The zero-order chi connectivity index (χ0) is 10.7. The van der Waals surface area contributed by atoms with E-state index < -0.39 is 0 Å². The summed E-state index contributed by atoms with van der Waals surface area (Å²) in [6, 6.07) is 9.17. The number of hydrogen-bond donors (Lipinski definition) is 2. The first-order chi connectivity index (χ1) is 7.29. The minimum Gasteiger partial charge on any atom is -0.326 e. The Morgan fingerprint density at radius 3 is 2.93 bits per heavy atom. The summed E-state index contributed by atoms with van der Waals surface area (Å²) in [6.45, 7) is 4.08. The maximum atomic E-state index is 5.65. The Labute approximate surface area is 91.9 Å². The van der Waals surface area contributed by atoms with Gasteiger partial charge in [0.25, 0.3) is 0 Å². The van der Waals surface area contributed by atoms with Gasteiger partial charge in [-0.15, -0.1) is 0 Å². The van der Waals surface area contributed by atoms with Crippen molar-refractivity contribution in [2.24, 2.45) is 11.7 Å². The topological polar surface area (TPSA) is 38.0 Å². The van der Waals surface area contributed by atoms with E-state index in [0.29, 0.717) is 12.6 Å². The Hall–Kier alpha value is -0.860.